The summed E-state index contributed by atoms with van der Waals surface area (Å²) in [5.41, 5.74) is 8.22. The van der Waals surface area contributed by atoms with Crippen molar-refractivity contribution in [1.29, 1.82) is 0 Å². The van der Waals surface area contributed by atoms with Gasteiger partial charge < -0.3 is 15.2 Å². The lowest BCUT2D eigenvalue weighted by Gasteiger charge is -2.14. The van der Waals surface area contributed by atoms with Gasteiger partial charge in [-0.3, -0.25) is 9.79 Å². The average molecular weight is 449 g/mol. The highest BCUT2D eigenvalue weighted by Gasteiger charge is 2.12. The van der Waals surface area contributed by atoms with Crippen molar-refractivity contribution in [3.8, 4) is 11.6 Å². The molecular weight excluding hydrogens is 420 g/mol. The largest absolute Gasteiger partial charge is 0.439 e. The van der Waals surface area contributed by atoms with Crippen LogP contribution in [-0.2, 0) is 4.74 Å². The molecule has 0 radical (unpaired) electrons. The molecule has 0 aliphatic heterocycles. The number of carbonyl (C=O) groups is 1. The molecule has 0 saturated heterocycles. The number of hydrogen-bond acceptors (Lipinski definition) is 7. The van der Waals surface area contributed by atoms with Gasteiger partial charge in [0, 0.05) is 37.9 Å². The van der Waals surface area contributed by atoms with Crippen LogP contribution in [-0.4, -0.2) is 43.4 Å². The number of rotatable bonds is 10. The summed E-state index contributed by atoms with van der Waals surface area (Å²) in [6.45, 7) is 7.93. The van der Waals surface area contributed by atoms with E-state index in [2.05, 4.69) is 34.6 Å². The fourth-order valence-corrected chi connectivity index (χ4v) is 3.61. The van der Waals surface area contributed by atoms with Crippen LogP contribution in [0.5, 0.6) is 11.6 Å². The highest BCUT2D eigenvalue weighted by molar-refractivity contribution is 6.76. The standard InChI is InChI=1S/C24H28N4O3Si/c1-32(2,3)13-12-30-17-27-22(10-11-25)19-5-9-24(26-15-19)31-21-7-8-23-18(14-21)4-6-20(16-29)28-23/h4-11,14-16H,12-13,17,25H2,1-3H3/b11-10-,27-22-. The number of aldehydes is 1. The molecule has 32 heavy (non-hydrogen) atoms. The minimum atomic E-state index is -1.12. The molecule has 2 N–H and O–H groups in total. The number of benzene rings is 1. The van der Waals surface area contributed by atoms with Crippen molar-refractivity contribution in [2.45, 2.75) is 25.7 Å². The van der Waals surface area contributed by atoms with E-state index in [9.17, 15) is 4.79 Å². The minimum absolute atomic E-state index is 0.277. The van der Waals surface area contributed by atoms with Gasteiger partial charge in [-0.1, -0.05) is 25.7 Å². The molecule has 2 aromatic heterocycles. The first-order valence-electron chi connectivity index (χ1n) is 10.4. The lowest BCUT2D eigenvalue weighted by Crippen LogP contribution is -2.21. The first kappa shape index (κ1) is 23.3. The Morgan fingerprint density at radius 2 is 2.00 bits per heavy atom. The van der Waals surface area contributed by atoms with Crippen LogP contribution in [0.4, 0.5) is 0 Å². The molecule has 1 aromatic carbocycles. The van der Waals surface area contributed by atoms with Crippen molar-refractivity contribution in [2.75, 3.05) is 13.3 Å². The predicted octanol–water partition coefficient (Wildman–Crippen LogP) is 4.81. The number of allylic oxidation sites excluding steroid dienone is 1. The summed E-state index contributed by atoms with van der Waals surface area (Å²) in [7, 11) is -1.12. The lowest BCUT2D eigenvalue weighted by molar-refractivity contribution is 0.111. The molecule has 2 heterocycles. The molecule has 0 saturated carbocycles. The molecule has 0 bridgehead atoms. The van der Waals surface area contributed by atoms with Crippen LogP contribution in [0.25, 0.3) is 10.9 Å². The Hall–Kier alpha value is -3.36. The number of aliphatic imine (C=N–C) groups is 1. The Bertz CT molecular complexity index is 1120. The second kappa shape index (κ2) is 10.8. The van der Waals surface area contributed by atoms with E-state index in [1.165, 1.54) is 6.20 Å². The van der Waals surface area contributed by atoms with Crippen LogP contribution in [0.1, 0.15) is 16.1 Å². The Balaban J connectivity index is 1.66. The SMILES string of the molecule is C[Si](C)(C)CCOC/N=C(/C=C\N)c1ccc(Oc2ccc3nc(C=O)ccc3c2)nc1. The summed E-state index contributed by atoms with van der Waals surface area (Å²) in [6, 6.07) is 13.7. The molecule has 0 aliphatic carbocycles. The third-order valence-corrected chi connectivity index (χ3v) is 6.34. The van der Waals surface area contributed by atoms with E-state index < -0.39 is 8.07 Å². The van der Waals surface area contributed by atoms with Gasteiger partial charge in [-0.25, -0.2) is 9.97 Å². The molecule has 0 fully saturated rings. The number of pyridine rings is 2. The first-order valence-corrected chi connectivity index (χ1v) is 14.1. The van der Waals surface area contributed by atoms with Crippen molar-refractivity contribution in [3.05, 3.63) is 72.2 Å². The summed E-state index contributed by atoms with van der Waals surface area (Å²) in [4.78, 5) is 24.0. The zero-order valence-electron chi connectivity index (χ0n) is 18.6. The van der Waals surface area contributed by atoms with Gasteiger partial charge in [0.2, 0.25) is 5.88 Å². The molecule has 166 valence electrons. The van der Waals surface area contributed by atoms with Gasteiger partial charge in [0.25, 0.3) is 0 Å². The summed E-state index contributed by atoms with van der Waals surface area (Å²) < 4.78 is 11.5. The van der Waals surface area contributed by atoms with Gasteiger partial charge in [0.1, 0.15) is 18.2 Å². The van der Waals surface area contributed by atoms with E-state index in [1.807, 2.05) is 24.3 Å². The van der Waals surface area contributed by atoms with Gasteiger partial charge in [0.05, 0.1) is 11.2 Å². The lowest BCUT2D eigenvalue weighted by atomic mass is 10.2. The fraction of sp³-hybridized carbons (Fsp3) is 0.250. The molecule has 3 aromatic rings. The maximum Gasteiger partial charge on any atom is 0.219 e. The van der Waals surface area contributed by atoms with Crippen LogP contribution in [0.2, 0.25) is 25.7 Å². The molecule has 0 atom stereocenters. The smallest absolute Gasteiger partial charge is 0.219 e. The molecule has 8 heteroatoms. The van der Waals surface area contributed by atoms with Gasteiger partial charge in [-0.2, -0.15) is 0 Å². The number of nitrogens with zero attached hydrogens (tertiary/aromatic N) is 3. The van der Waals surface area contributed by atoms with E-state index in [1.54, 1.807) is 30.5 Å². The molecule has 7 nitrogen and oxygen atoms in total. The summed E-state index contributed by atoms with van der Waals surface area (Å²) in [5.74, 6) is 1.08. The van der Waals surface area contributed by atoms with Crippen LogP contribution in [0.15, 0.2) is 65.9 Å². The van der Waals surface area contributed by atoms with Gasteiger partial charge >= 0.3 is 0 Å². The zero-order valence-corrected chi connectivity index (χ0v) is 19.6. The maximum absolute atomic E-state index is 10.9. The zero-order chi connectivity index (χ0) is 23.0. The number of carbonyl (C=O) groups excluding carboxylic acids is 1. The fourth-order valence-electron chi connectivity index (χ4n) is 2.85. The maximum atomic E-state index is 10.9. The number of hydrogen-bond donors (Lipinski definition) is 1. The van der Waals surface area contributed by atoms with E-state index in [-0.39, 0.29) is 6.73 Å². The van der Waals surface area contributed by atoms with Crippen LogP contribution >= 0.6 is 0 Å². The van der Waals surface area contributed by atoms with Gasteiger partial charge in [-0.15, -0.1) is 0 Å². The Morgan fingerprint density at radius 3 is 2.69 bits per heavy atom. The van der Waals surface area contributed by atoms with Gasteiger partial charge in [0.15, 0.2) is 6.29 Å². The second-order valence-electron chi connectivity index (χ2n) is 8.45. The monoisotopic (exact) mass is 448 g/mol. The number of fused-ring (bicyclic) bond motifs is 1. The van der Waals surface area contributed by atoms with Crippen LogP contribution < -0.4 is 10.5 Å². The quantitative estimate of drug-likeness (QED) is 0.207. The van der Waals surface area contributed by atoms with Crippen LogP contribution in [0, 0.1) is 0 Å². The normalized spacial score (nSPS) is 12.4. The summed E-state index contributed by atoms with van der Waals surface area (Å²) in [5, 5.41) is 0.876. The predicted molar refractivity (Wildman–Crippen MR) is 130 cm³/mol. The minimum Gasteiger partial charge on any atom is -0.439 e. The van der Waals surface area contributed by atoms with Gasteiger partial charge in [-0.05, 0) is 48.7 Å². The first-order chi connectivity index (χ1) is 15.4. The van der Waals surface area contributed by atoms with Crippen LogP contribution in [0.3, 0.4) is 0 Å². The summed E-state index contributed by atoms with van der Waals surface area (Å²) in [6.07, 6.45) is 5.59. The Morgan fingerprint density at radius 1 is 1.16 bits per heavy atom. The number of nitrogens with two attached hydrogens (primary N) is 1. The highest BCUT2D eigenvalue weighted by Crippen LogP contribution is 2.24. The number of aromatic nitrogens is 2. The van der Waals surface area contributed by atoms with E-state index >= 15 is 0 Å². The molecule has 3 rings (SSSR count). The van der Waals surface area contributed by atoms with Crippen molar-refractivity contribution in [3.63, 3.8) is 0 Å². The summed E-state index contributed by atoms with van der Waals surface area (Å²) >= 11 is 0. The van der Waals surface area contributed by atoms with E-state index in [0.29, 0.717) is 29.6 Å². The molecule has 0 amide bonds. The van der Waals surface area contributed by atoms with E-state index in [4.69, 9.17) is 15.2 Å². The Labute approximate surface area is 189 Å². The highest BCUT2D eigenvalue weighted by atomic mass is 28.3. The molecule has 0 spiro atoms. The molecular formula is C24H28N4O3Si. The van der Waals surface area contributed by atoms with Crippen molar-refractivity contribution < 1.29 is 14.3 Å². The van der Waals surface area contributed by atoms with Crippen molar-refractivity contribution in [1.82, 2.24) is 9.97 Å². The third-order valence-electron chi connectivity index (χ3n) is 4.63. The van der Waals surface area contributed by atoms with Crippen molar-refractivity contribution >= 4 is 31.0 Å². The van der Waals surface area contributed by atoms with E-state index in [0.717, 1.165) is 28.8 Å². The Kier molecular flexibility index (Phi) is 7.86. The number of ether oxygens (including phenoxy) is 2. The third kappa shape index (κ3) is 6.83. The molecule has 0 aliphatic rings. The molecule has 0 unspecified atom stereocenters. The topological polar surface area (TPSA) is 99.7 Å². The second-order valence-corrected chi connectivity index (χ2v) is 14.1. The average Bonchev–Trinajstić information content (AvgIpc) is 2.77. The van der Waals surface area contributed by atoms with Crippen molar-refractivity contribution in [2.24, 2.45) is 10.7 Å².